The Labute approximate surface area is 151 Å². The molecule has 0 atom stereocenters. The van der Waals surface area contributed by atoms with E-state index in [1.807, 2.05) is 58.0 Å². The second-order valence-corrected chi connectivity index (χ2v) is 5.94. The summed E-state index contributed by atoms with van der Waals surface area (Å²) >= 11 is 0. The van der Waals surface area contributed by atoms with Gasteiger partial charge in [0.15, 0.2) is 5.65 Å². The van der Waals surface area contributed by atoms with E-state index in [2.05, 4.69) is 27.4 Å². The molecule has 1 aromatic carbocycles. The molecule has 0 radical (unpaired) electrons. The number of fused-ring (bicyclic) bond motifs is 1. The fourth-order valence-electron chi connectivity index (χ4n) is 2.81. The highest BCUT2D eigenvalue weighted by Crippen LogP contribution is 2.17. The van der Waals surface area contributed by atoms with E-state index < -0.39 is 0 Å². The van der Waals surface area contributed by atoms with Crippen LogP contribution in [-0.4, -0.2) is 31.5 Å². The van der Waals surface area contributed by atoms with E-state index >= 15 is 0 Å². The lowest BCUT2D eigenvalue weighted by molar-refractivity contribution is 0.414. The average molecular weight is 348 g/mol. The van der Waals surface area contributed by atoms with E-state index in [1.165, 1.54) is 0 Å². The van der Waals surface area contributed by atoms with Crippen molar-refractivity contribution in [3.05, 3.63) is 66.2 Å². The van der Waals surface area contributed by atoms with Crippen molar-refractivity contribution in [1.29, 1.82) is 0 Å². The molecule has 3 heterocycles. The summed E-state index contributed by atoms with van der Waals surface area (Å²) in [6.07, 6.45) is 6.50. The van der Waals surface area contributed by atoms with Crippen LogP contribution in [0.2, 0.25) is 0 Å². The van der Waals surface area contributed by atoms with Gasteiger partial charge in [-0.25, -0.2) is 9.67 Å². The van der Waals surface area contributed by atoms with Gasteiger partial charge in [-0.3, -0.25) is 0 Å². The summed E-state index contributed by atoms with van der Waals surface area (Å²) in [5.41, 5.74) is 3.91. The molecule has 3 aromatic heterocycles. The lowest BCUT2D eigenvalue weighted by atomic mass is 10.3. The predicted molar refractivity (Wildman–Crippen MR) is 99.8 cm³/mol. The van der Waals surface area contributed by atoms with E-state index in [0.717, 1.165) is 40.6 Å². The van der Waals surface area contributed by atoms with E-state index in [0.29, 0.717) is 6.54 Å². The van der Waals surface area contributed by atoms with Gasteiger partial charge < -0.3 is 10.1 Å². The molecule has 0 spiro atoms. The SMILES string of the molecule is CCc1cc(NCc2cnn(-c3cccc(OC)c3)c2)n2nccc2n1. The number of aromatic nitrogens is 5. The molecule has 1 N–H and O–H groups in total. The van der Waals surface area contributed by atoms with E-state index in [4.69, 9.17) is 4.74 Å². The van der Waals surface area contributed by atoms with Gasteiger partial charge in [0, 0.05) is 42.2 Å². The van der Waals surface area contributed by atoms with Gasteiger partial charge in [0.1, 0.15) is 11.6 Å². The summed E-state index contributed by atoms with van der Waals surface area (Å²) in [4.78, 5) is 4.56. The maximum Gasteiger partial charge on any atom is 0.157 e. The monoisotopic (exact) mass is 348 g/mol. The first-order valence-corrected chi connectivity index (χ1v) is 8.52. The number of anilines is 1. The smallest absolute Gasteiger partial charge is 0.157 e. The summed E-state index contributed by atoms with van der Waals surface area (Å²) in [7, 11) is 1.66. The summed E-state index contributed by atoms with van der Waals surface area (Å²) in [5, 5.41) is 12.2. The van der Waals surface area contributed by atoms with E-state index in [1.54, 1.807) is 13.3 Å². The van der Waals surface area contributed by atoms with Gasteiger partial charge in [0.05, 0.1) is 25.2 Å². The lowest BCUT2D eigenvalue weighted by Gasteiger charge is -2.09. The summed E-state index contributed by atoms with van der Waals surface area (Å²) in [6.45, 7) is 2.74. The van der Waals surface area contributed by atoms with Crippen molar-refractivity contribution in [3.8, 4) is 11.4 Å². The van der Waals surface area contributed by atoms with Gasteiger partial charge in [-0.15, -0.1) is 0 Å². The molecule has 26 heavy (non-hydrogen) atoms. The molecule has 0 unspecified atom stereocenters. The highest BCUT2D eigenvalue weighted by molar-refractivity contribution is 5.49. The molecule has 7 nitrogen and oxygen atoms in total. The number of ether oxygens (including phenoxy) is 1. The number of nitrogens with one attached hydrogen (secondary N) is 1. The fourth-order valence-corrected chi connectivity index (χ4v) is 2.81. The quantitative estimate of drug-likeness (QED) is 0.580. The molecule has 0 amide bonds. The van der Waals surface area contributed by atoms with Gasteiger partial charge in [0.25, 0.3) is 0 Å². The van der Waals surface area contributed by atoms with E-state index in [-0.39, 0.29) is 0 Å². The first-order valence-electron chi connectivity index (χ1n) is 8.52. The Balaban J connectivity index is 1.54. The molecular weight excluding hydrogens is 328 g/mol. The molecule has 4 aromatic rings. The molecule has 0 saturated carbocycles. The number of aryl methyl sites for hydroxylation is 1. The Hall–Kier alpha value is -3.35. The van der Waals surface area contributed by atoms with Gasteiger partial charge in [-0.2, -0.15) is 14.7 Å². The van der Waals surface area contributed by atoms with Crippen molar-refractivity contribution in [2.24, 2.45) is 0 Å². The molecule has 0 aliphatic heterocycles. The van der Waals surface area contributed by atoms with Crippen LogP contribution in [0.4, 0.5) is 5.82 Å². The number of hydrogen-bond donors (Lipinski definition) is 1. The van der Waals surface area contributed by atoms with Crippen molar-refractivity contribution >= 4 is 11.5 Å². The van der Waals surface area contributed by atoms with Crippen LogP contribution < -0.4 is 10.1 Å². The fraction of sp³-hybridized carbons (Fsp3) is 0.211. The standard InChI is InChI=1S/C19H20N6O/c1-3-15-9-19(25-18(23-15)7-8-21-25)20-11-14-12-22-24(13-14)16-5-4-6-17(10-16)26-2/h4-10,12-13,20H,3,11H2,1-2H3. The predicted octanol–water partition coefficient (Wildman–Crippen LogP) is 3.10. The summed E-state index contributed by atoms with van der Waals surface area (Å²) in [5.74, 6) is 1.73. The summed E-state index contributed by atoms with van der Waals surface area (Å²) < 4.78 is 8.93. The number of benzene rings is 1. The zero-order valence-corrected chi connectivity index (χ0v) is 14.8. The normalized spacial score (nSPS) is 11.0. The number of methoxy groups -OCH3 is 1. The largest absolute Gasteiger partial charge is 0.497 e. The molecule has 0 aliphatic carbocycles. The Kier molecular flexibility index (Phi) is 4.27. The average Bonchev–Trinajstić information content (AvgIpc) is 3.35. The molecule has 0 saturated heterocycles. The van der Waals surface area contributed by atoms with Gasteiger partial charge in [-0.05, 0) is 18.6 Å². The zero-order chi connectivity index (χ0) is 17.9. The second-order valence-electron chi connectivity index (χ2n) is 5.94. The van der Waals surface area contributed by atoms with Crippen LogP contribution >= 0.6 is 0 Å². The first-order chi connectivity index (χ1) is 12.8. The minimum atomic E-state index is 0.645. The van der Waals surface area contributed by atoms with Crippen molar-refractivity contribution < 1.29 is 4.74 Å². The van der Waals surface area contributed by atoms with Crippen LogP contribution in [0.25, 0.3) is 11.3 Å². The number of nitrogens with zero attached hydrogens (tertiary/aromatic N) is 5. The molecular formula is C19H20N6O. The van der Waals surface area contributed by atoms with Crippen LogP contribution in [0, 0.1) is 0 Å². The van der Waals surface area contributed by atoms with Crippen LogP contribution in [-0.2, 0) is 13.0 Å². The van der Waals surface area contributed by atoms with Gasteiger partial charge in [-0.1, -0.05) is 13.0 Å². The summed E-state index contributed by atoms with van der Waals surface area (Å²) in [6, 6.07) is 11.8. The van der Waals surface area contributed by atoms with E-state index in [9.17, 15) is 0 Å². The third kappa shape index (κ3) is 3.11. The lowest BCUT2D eigenvalue weighted by Crippen LogP contribution is -2.07. The molecule has 132 valence electrons. The molecule has 0 aliphatic rings. The number of hydrogen-bond acceptors (Lipinski definition) is 5. The highest BCUT2D eigenvalue weighted by Gasteiger charge is 2.07. The van der Waals surface area contributed by atoms with Crippen LogP contribution in [0.3, 0.4) is 0 Å². The molecule has 0 fully saturated rings. The van der Waals surface area contributed by atoms with Crippen LogP contribution in [0.1, 0.15) is 18.2 Å². The Morgan fingerprint density at radius 2 is 2.08 bits per heavy atom. The zero-order valence-electron chi connectivity index (χ0n) is 14.8. The minimum absolute atomic E-state index is 0.645. The Morgan fingerprint density at radius 1 is 1.15 bits per heavy atom. The first kappa shape index (κ1) is 16.1. The maximum absolute atomic E-state index is 5.27. The second kappa shape index (κ2) is 6.87. The molecule has 7 heteroatoms. The van der Waals surface area contributed by atoms with Crippen LogP contribution in [0.5, 0.6) is 5.75 Å². The third-order valence-corrected chi connectivity index (χ3v) is 4.20. The van der Waals surface area contributed by atoms with Crippen molar-refractivity contribution in [1.82, 2.24) is 24.4 Å². The van der Waals surface area contributed by atoms with Crippen molar-refractivity contribution in [2.75, 3.05) is 12.4 Å². The van der Waals surface area contributed by atoms with Crippen LogP contribution in [0.15, 0.2) is 55.0 Å². The van der Waals surface area contributed by atoms with Gasteiger partial charge >= 0.3 is 0 Å². The van der Waals surface area contributed by atoms with Gasteiger partial charge in [0.2, 0.25) is 0 Å². The highest BCUT2D eigenvalue weighted by atomic mass is 16.5. The minimum Gasteiger partial charge on any atom is -0.497 e. The van der Waals surface area contributed by atoms with Crippen molar-refractivity contribution in [2.45, 2.75) is 19.9 Å². The third-order valence-electron chi connectivity index (χ3n) is 4.20. The molecule has 0 bridgehead atoms. The molecule has 4 rings (SSSR count). The number of rotatable bonds is 6. The maximum atomic E-state index is 5.27. The van der Waals surface area contributed by atoms with Crippen molar-refractivity contribution in [3.63, 3.8) is 0 Å². The Morgan fingerprint density at radius 3 is 2.92 bits per heavy atom. The Bertz CT molecular complexity index is 1040. The topological polar surface area (TPSA) is 69.3 Å².